The first kappa shape index (κ1) is 25.1. The molecule has 0 aliphatic rings. The lowest BCUT2D eigenvalue weighted by atomic mass is 10.2. The normalized spacial score (nSPS) is 11.4. The Morgan fingerprint density at radius 2 is 1.91 bits per heavy atom. The van der Waals surface area contributed by atoms with Gasteiger partial charge in [0.2, 0.25) is 0 Å². The maximum absolute atomic E-state index is 13.5. The standard InChI is InChI=1S/C18H15ClF2IN6PS.C2H6/c1-9-5-6-27(26-9)10-3-4-11(13(7-10)30-2)23-12-8-14(19)24-17-15(12)25-18(16(20)21)28(17)29-22;1-2/h3-8,16,29H,1-2H3,(H,23,24);1-2H3. The van der Waals surface area contributed by atoms with Crippen LogP contribution in [0.3, 0.4) is 0 Å². The van der Waals surface area contributed by atoms with Gasteiger partial charge in [-0.1, -0.05) is 25.4 Å². The summed E-state index contributed by atoms with van der Waals surface area (Å²) in [6, 6.07) is 9.40. The van der Waals surface area contributed by atoms with Crippen molar-refractivity contribution in [2.75, 3.05) is 11.6 Å². The molecule has 3 aromatic heterocycles. The number of rotatable bonds is 6. The second-order valence-electron chi connectivity index (χ2n) is 6.27. The first-order valence-corrected chi connectivity index (χ1v) is 15.3. The minimum absolute atomic E-state index is 0.0239. The first-order chi connectivity index (χ1) is 15.4. The molecule has 4 aromatic rings. The molecule has 0 bridgehead atoms. The molecule has 0 saturated carbocycles. The van der Waals surface area contributed by atoms with Crippen LogP contribution >= 0.6 is 51.8 Å². The van der Waals surface area contributed by atoms with Gasteiger partial charge in [0.25, 0.3) is 6.43 Å². The molecular weight excluding hydrogens is 588 g/mol. The van der Waals surface area contributed by atoms with Crippen LogP contribution in [0.25, 0.3) is 16.9 Å². The van der Waals surface area contributed by atoms with Gasteiger partial charge >= 0.3 is 0 Å². The van der Waals surface area contributed by atoms with E-state index in [4.69, 9.17) is 11.6 Å². The van der Waals surface area contributed by atoms with Crippen molar-refractivity contribution in [1.29, 1.82) is 0 Å². The number of aryl methyl sites for hydroxylation is 1. The fourth-order valence-corrected chi connectivity index (χ4v) is 5.65. The summed E-state index contributed by atoms with van der Waals surface area (Å²) in [5, 5.41) is 7.94. The van der Waals surface area contributed by atoms with Crippen molar-refractivity contribution in [3.8, 4) is 5.69 Å². The molecule has 0 fully saturated rings. The predicted molar refractivity (Wildman–Crippen MR) is 140 cm³/mol. The predicted octanol–water partition coefficient (Wildman–Crippen LogP) is 7.80. The summed E-state index contributed by atoms with van der Waals surface area (Å²) in [7, 11) is 0. The van der Waals surface area contributed by atoms with Crippen LogP contribution in [0.4, 0.5) is 20.2 Å². The summed E-state index contributed by atoms with van der Waals surface area (Å²) in [6.45, 7) is 5.93. The third-order valence-electron chi connectivity index (χ3n) is 4.33. The molecule has 1 N–H and O–H groups in total. The molecular formula is C20H21ClF2IN6PS. The lowest BCUT2D eigenvalue weighted by Crippen LogP contribution is -1.99. The smallest absolute Gasteiger partial charge is 0.295 e. The monoisotopic (exact) mass is 608 g/mol. The number of nitrogens with one attached hydrogen (secondary N) is 1. The molecule has 6 nitrogen and oxygen atoms in total. The zero-order chi connectivity index (χ0) is 23.4. The SMILES string of the molecule is CC.CSc1cc(-n2ccc(C)n2)ccc1Nc1cc(Cl)nc2c1nc(C(F)F)n2PI. The van der Waals surface area contributed by atoms with Crippen LogP contribution in [0.15, 0.2) is 41.4 Å². The number of fused-ring (bicyclic) bond motifs is 1. The van der Waals surface area contributed by atoms with E-state index in [0.717, 1.165) is 22.0 Å². The highest BCUT2D eigenvalue weighted by molar-refractivity contribution is 14.2. The van der Waals surface area contributed by atoms with Crippen LogP contribution in [0.1, 0.15) is 31.8 Å². The fourth-order valence-electron chi connectivity index (χ4n) is 2.99. The van der Waals surface area contributed by atoms with E-state index in [1.165, 1.54) is 4.34 Å². The van der Waals surface area contributed by atoms with Crippen molar-refractivity contribution < 1.29 is 8.78 Å². The van der Waals surface area contributed by atoms with Crippen molar-refractivity contribution in [3.63, 3.8) is 0 Å². The van der Waals surface area contributed by atoms with Crippen LogP contribution in [-0.4, -0.2) is 30.3 Å². The fraction of sp³-hybridized carbons (Fsp3) is 0.250. The molecule has 0 aliphatic heterocycles. The highest BCUT2D eigenvalue weighted by Gasteiger charge is 2.22. The number of benzene rings is 1. The highest BCUT2D eigenvalue weighted by Crippen LogP contribution is 2.39. The minimum Gasteiger partial charge on any atom is -0.353 e. The molecule has 0 radical (unpaired) electrons. The van der Waals surface area contributed by atoms with E-state index in [2.05, 4.69) is 20.4 Å². The van der Waals surface area contributed by atoms with E-state index < -0.39 is 6.43 Å². The van der Waals surface area contributed by atoms with Gasteiger partial charge in [0.1, 0.15) is 10.7 Å². The van der Waals surface area contributed by atoms with Crippen molar-refractivity contribution in [1.82, 2.24) is 24.1 Å². The number of hydrogen-bond donors (Lipinski definition) is 1. The van der Waals surface area contributed by atoms with Gasteiger partial charge in [-0.25, -0.2) is 23.4 Å². The maximum atomic E-state index is 13.5. The summed E-state index contributed by atoms with van der Waals surface area (Å²) < 4.78 is 30.1. The maximum Gasteiger partial charge on any atom is 0.295 e. The van der Waals surface area contributed by atoms with Crippen molar-refractivity contribution in [3.05, 3.63) is 53.2 Å². The van der Waals surface area contributed by atoms with E-state index in [1.807, 2.05) is 79.5 Å². The summed E-state index contributed by atoms with van der Waals surface area (Å²) >= 11 is 9.78. The number of alkyl halides is 2. The largest absolute Gasteiger partial charge is 0.353 e. The van der Waals surface area contributed by atoms with Crippen molar-refractivity contribution in [2.45, 2.75) is 32.1 Å². The quantitative estimate of drug-likeness (QED) is 0.105. The molecule has 0 spiro atoms. The van der Waals surface area contributed by atoms with Gasteiger partial charge in [0, 0.05) is 17.2 Å². The molecule has 0 aliphatic carbocycles. The molecule has 0 amide bonds. The summed E-state index contributed by atoms with van der Waals surface area (Å²) in [4.78, 5) is 9.35. The Bertz CT molecular complexity index is 1230. The van der Waals surface area contributed by atoms with E-state index in [9.17, 15) is 8.78 Å². The topological polar surface area (TPSA) is 60.6 Å². The molecule has 32 heavy (non-hydrogen) atoms. The number of thioether (sulfide) groups is 1. The Morgan fingerprint density at radius 1 is 1.16 bits per heavy atom. The number of hydrogen-bond acceptors (Lipinski definition) is 5. The zero-order valence-corrected chi connectivity index (χ0v) is 22.4. The number of aromatic nitrogens is 5. The Kier molecular flexibility index (Phi) is 8.71. The van der Waals surface area contributed by atoms with Gasteiger partial charge in [0.15, 0.2) is 11.5 Å². The highest BCUT2D eigenvalue weighted by atomic mass is 127. The number of imidazole rings is 1. The lowest BCUT2D eigenvalue weighted by molar-refractivity contribution is 0.140. The average molecular weight is 609 g/mol. The number of nitrogens with zero attached hydrogens (tertiary/aromatic N) is 5. The van der Waals surface area contributed by atoms with Gasteiger partial charge in [-0.3, -0.25) is 4.34 Å². The molecule has 3 heterocycles. The summed E-state index contributed by atoms with van der Waals surface area (Å²) in [5.41, 5.74) is 3.88. The molecule has 170 valence electrons. The molecule has 1 aromatic carbocycles. The minimum atomic E-state index is -2.70. The van der Waals surface area contributed by atoms with Gasteiger partial charge in [-0.05, 0) is 59.5 Å². The first-order valence-electron chi connectivity index (χ1n) is 9.62. The molecule has 1 atom stereocenters. The van der Waals surface area contributed by atoms with Crippen LogP contribution < -0.4 is 5.32 Å². The Labute approximate surface area is 208 Å². The molecule has 12 heteroatoms. The van der Waals surface area contributed by atoms with Gasteiger partial charge in [0.05, 0.1) is 29.1 Å². The van der Waals surface area contributed by atoms with Crippen LogP contribution in [0.5, 0.6) is 0 Å². The number of halogens is 4. The van der Waals surface area contributed by atoms with E-state index in [0.29, 0.717) is 16.9 Å². The zero-order valence-electron chi connectivity index (χ0n) is 17.7. The number of anilines is 2. The Hall–Kier alpha value is -1.49. The van der Waals surface area contributed by atoms with Crippen LogP contribution in [0, 0.1) is 6.92 Å². The average Bonchev–Trinajstić information content (AvgIpc) is 3.39. The summed E-state index contributed by atoms with van der Waals surface area (Å²) in [5.74, 6) is -0.315. The second-order valence-corrected chi connectivity index (χ2v) is 9.57. The van der Waals surface area contributed by atoms with Crippen LogP contribution in [0.2, 0.25) is 5.15 Å². The molecule has 4 rings (SSSR count). The third-order valence-corrected chi connectivity index (χ3v) is 7.36. The van der Waals surface area contributed by atoms with E-state index in [1.54, 1.807) is 22.5 Å². The van der Waals surface area contributed by atoms with Gasteiger partial charge < -0.3 is 5.32 Å². The summed E-state index contributed by atoms with van der Waals surface area (Å²) in [6.07, 6.45) is 1.19. The Balaban J connectivity index is 0.00000141. The third kappa shape index (κ3) is 5.18. The number of pyridine rings is 1. The van der Waals surface area contributed by atoms with Gasteiger partial charge in [-0.2, -0.15) is 5.10 Å². The van der Waals surface area contributed by atoms with Crippen molar-refractivity contribution >= 4 is 74.3 Å². The van der Waals surface area contributed by atoms with E-state index >= 15 is 0 Å². The molecule has 0 saturated heterocycles. The Morgan fingerprint density at radius 3 is 2.50 bits per heavy atom. The lowest BCUT2D eigenvalue weighted by Gasteiger charge is -2.13. The van der Waals surface area contributed by atoms with Gasteiger partial charge in [-0.15, -0.1) is 11.8 Å². The molecule has 1 unspecified atom stereocenters. The van der Waals surface area contributed by atoms with Crippen molar-refractivity contribution in [2.24, 2.45) is 0 Å². The second kappa shape index (κ2) is 11.1. The van der Waals surface area contributed by atoms with E-state index in [-0.39, 0.29) is 17.4 Å². The van der Waals surface area contributed by atoms with Crippen LogP contribution in [-0.2, 0) is 0 Å².